The van der Waals surface area contributed by atoms with E-state index < -0.39 is 0 Å². The third-order valence-electron chi connectivity index (χ3n) is 5.77. The zero-order valence-corrected chi connectivity index (χ0v) is 18.8. The molecule has 2 heterocycles. The number of hydrogen-bond acceptors (Lipinski definition) is 4. The standard InChI is InChI=1S/C25H30N6O/c1-3-5-8-16-30-18-21(9-4-2)31(25(30)32)17-19-12-14-20(15-13-19)22-10-6-7-11-23(22)24-26-28-29-27-24/h6-7,10-15,18H,3-5,8-9,16-17H2,1-2H3,(H,26,27,28,29). The summed E-state index contributed by atoms with van der Waals surface area (Å²) in [6.07, 6.45) is 7.32. The number of unbranched alkanes of at least 4 members (excludes halogenated alkanes) is 2. The van der Waals surface area contributed by atoms with Gasteiger partial charge in [-0.1, -0.05) is 81.6 Å². The van der Waals surface area contributed by atoms with Gasteiger partial charge in [0.2, 0.25) is 0 Å². The first kappa shape index (κ1) is 21.7. The van der Waals surface area contributed by atoms with Crippen LogP contribution in [0.5, 0.6) is 0 Å². The van der Waals surface area contributed by atoms with Gasteiger partial charge in [0.1, 0.15) is 0 Å². The van der Waals surface area contributed by atoms with Crippen molar-refractivity contribution in [1.29, 1.82) is 0 Å². The van der Waals surface area contributed by atoms with Gasteiger partial charge in [-0.25, -0.2) is 9.89 Å². The fourth-order valence-electron chi connectivity index (χ4n) is 4.09. The van der Waals surface area contributed by atoms with Crippen LogP contribution in [0.3, 0.4) is 0 Å². The second-order valence-corrected chi connectivity index (χ2v) is 8.13. The molecule has 0 saturated heterocycles. The first-order chi connectivity index (χ1) is 15.7. The largest absolute Gasteiger partial charge is 0.328 e. The lowest BCUT2D eigenvalue weighted by atomic mass is 9.98. The second kappa shape index (κ2) is 10.2. The van der Waals surface area contributed by atoms with Crippen molar-refractivity contribution in [3.63, 3.8) is 0 Å². The monoisotopic (exact) mass is 430 g/mol. The van der Waals surface area contributed by atoms with Gasteiger partial charge in [-0.15, -0.1) is 5.10 Å². The van der Waals surface area contributed by atoms with E-state index in [0.717, 1.165) is 66.6 Å². The molecular weight excluding hydrogens is 400 g/mol. The lowest BCUT2D eigenvalue weighted by Gasteiger charge is -2.10. The summed E-state index contributed by atoms with van der Waals surface area (Å²) < 4.78 is 3.81. The molecule has 0 fully saturated rings. The van der Waals surface area contributed by atoms with Gasteiger partial charge in [-0.2, -0.15) is 0 Å². The quantitative estimate of drug-likeness (QED) is 0.370. The summed E-state index contributed by atoms with van der Waals surface area (Å²) >= 11 is 0. The van der Waals surface area contributed by atoms with Crippen LogP contribution < -0.4 is 5.69 Å². The predicted molar refractivity (Wildman–Crippen MR) is 126 cm³/mol. The Bertz CT molecular complexity index is 1190. The highest BCUT2D eigenvalue weighted by molar-refractivity contribution is 5.80. The van der Waals surface area contributed by atoms with Crippen molar-refractivity contribution in [2.45, 2.75) is 59.0 Å². The zero-order valence-electron chi connectivity index (χ0n) is 18.8. The summed E-state index contributed by atoms with van der Waals surface area (Å²) in [5.41, 5.74) is 5.41. The van der Waals surface area contributed by atoms with Crippen LogP contribution in [0, 0.1) is 0 Å². The van der Waals surface area contributed by atoms with Crippen LogP contribution in [-0.2, 0) is 19.5 Å². The van der Waals surface area contributed by atoms with E-state index in [2.05, 4.69) is 71.0 Å². The van der Waals surface area contributed by atoms with Gasteiger partial charge in [0.15, 0.2) is 5.82 Å². The fourth-order valence-corrected chi connectivity index (χ4v) is 4.09. The highest BCUT2D eigenvalue weighted by Crippen LogP contribution is 2.29. The van der Waals surface area contributed by atoms with Crippen molar-refractivity contribution < 1.29 is 0 Å². The third-order valence-corrected chi connectivity index (χ3v) is 5.77. The number of rotatable bonds is 10. The number of H-pyrrole nitrogens is 1. The highest BCUT2D eigenvalue weighted by Gasteiger charge is 2.13. The van der Waals surface area contributed by atoms with E-state index in [1.54, 1.807) is 0 Å². The van der Waals surface area contributed by atoms with Crippen LogP contribution in [0.25, 0.3) is 22.5 Å². The molecule has 0 spiro atoms. The van der Waals surface area contributed by atoms with E-state index in [9.17, 15) is 4.79 Å². The molecule has 7 heteroatoms. The van der Waals surface area contributed by atoms with Gasteiger partial charge in [-0.05, 0) is 40.0 Å². The van der Waals surface area contributed by atoms with Crippen molar-refractivity contribution in [3.05, 3.63) is 76.5 Å². The summed E-state index contributed by atoms with van der Waals surface area (Å²) in [5.74, 6) is 0.643. The van der Waals surface area contributed by atoms with Crippen molar-refractivity contribution in [2.75, 3.05) is 0 Å². The summed E-state index contributed by atoms with van der Waals surface area (Å²) in [6, 6.07) is 16.4. The summed E-state index contributed by atoms with van der Waals surface area (Å²) in [7, 11) is 0. The minimum atomic E-state index is 0.0943. The third kappa shape index (κ3) is 4.72. The Hall–Kier alpha value is -3.48. The Kier molecular flexibility index (Phi) is 6.94. The van der Waals surface area contributed by atoms with Crippen molar-refractivity contribution in [3.8, 4) is 22.5 Å². The minimum absolute atomic E-state index is 0.0943. The van der Waals surface area contributed by atoms with Gasteiger partial charge < -0.3 is 0 Å². The molecule has 4 rings (SSSR count). The first-order valence-corrected chi connectivity index (χ1v) is 11.4. The average Bonchev–Trinajstić information content (AvgIpc) is 3.45. The summed E-state index contributed by atoms with van der Waals surface area (Å²) in [6.45, 7) is 5.71. The Morgan fingerprint density at radius 2 is 1.72 bits per heavy atom. The number of aryl methyl sites for hydroxylation is 2. The van der Waals surface area contributed by atoms with Crippen molar-refractivity contribution >= 4 is 0 Å². The topological polar surface area (TPSA) is 81.4 Å². The predicted octanol–water partition coefficient (Wildman–Crippen LogP) is 4.69. The maximum Gasteiger partial charge on any atom is 0.328 e. The normalized spacial score (nSPS) is 11.2. The molecule has 4 aromatic rings. The average molecular weight is 431 g/mol. The number of aromatic nitrogens is 6. The molecule has 0 aliphatic carbocycles. The van der Waals surface area contributed by atoms with E-state index in [1.807, 2.05) is 27.3 Å². The number of tetrazole rings is 1. The number of nitrogens with zero attached hydrogens (tertiary/aromatic N) is 5. The van der Waals surface area contributed by atoms with Crippen LogP contribution >= 0.6 is 0 Å². The van der Waals surface area contributed by atoms with Crippen LogP contribution in [0.2, 0.25) is 0 Å². The molecule has 0 bridgehead atoms. The zero-order chi connectivity index (χ0) is 22.3. The number of benzene rings is 2. The molecule has 7 nitrogen and oxygen atoms in total. The van der Waals surface area contributed by atoms with Crippen LogP contribution in [0.15, 0.2) is 59.5 Å². The van der Waals surface area contributed by atoms with Crippen LogP contribution in [-0.4, -0.2) is 29.8 Å². The lowest BCUT2D eigenvalue weighted by Crippen LogP contribution is -2.25. The SMILES string of the molecule is CCCCCn1cc(CCC)n(Cc2ccc(-c3ccccc3-c3nnn[nH]3)cc2)c1=O. The van der Waals surface area contributed by atoms with Gasteiger partial charge in [0, 0.05) is 24.0 Å². The summed E-state index contributed by atoms with van der Waals surface area (Å²) in [5, 5.41) is 14.3. The lowest BCUT2D eigenvalue weighted by molar-refractivity contribution is 0.573. The first-order valence-electron chi connectivity index (χ1n) is 11.4. The molecule has 0 amide bonds. The Labute approximate surface area is 188 Å². The smallest absolute Gasteiger partial charge is 0.299 e. The molecule has 2 aromatic heterocycles. The van der Waals surface area contributed by atoms with Gasteiger partial charge in [0.25, 0.3) is 0 Å². The number of nitrogens with one attached hydrogen (secondary N) is 1. The molecule has 0 aliphatic heterocycles. The summed E-state index contributed by atoms with van der Waals surface area (Å²) in [4.78, 5) is 13.0. The maximum atomic E-state index is 13.0. The van der Waals surface area contributed by atoms with Crippen LogP contribution in [0.1, 0.15) is 50.8 Å². The van der Waals surface area contributed by atoms with Crippen molar-refractivity contribution in [2.24, 2.45) is 0 Å². The number of aromatic amines is 1. The Morgan fingerprint density at radius 3 is 2.41 bits per heavy atom. The number of hydrogen-bond donors (Lipinski definition) is 1. The molecule has 2 aromatic carbocycles. The number of imidazole rings is 1. The molecular formula is C25H30N6O. The molecule has 0 atom stereocenters. The highest BCUT2D eigenvalue weighted by atomic mass is 16.1. The van der Waals surface area contributed by atoms with Crippen LogP contribution in [0.4, 0.5) is 0 Å². The van der Waals surface area contributed by atoms with E-state index in [-0.39, 0.29) is 5.69 Å². The van der Waals surface area contributed by atoms with E-state index in [0.29, 0.717) is 12.4 Å². The molecule has 0 aliphatic rings. The fraction of sp³-hybridized carbons (Fsp3) is 0.360. The molecule has 0 radical (unpaired) electrons. The van der Waals surface area contributed by atoms with Gasteiger partial charge >= 0.3 is 5.69 Å². The molecule has 32 heavy (non-hydrogen) atoms. The molecule has 1 N–H and O–H groups in total. The molecule has 0 unspecified atom stereocenters. The maximum absolute atomic E-state index is 13.0. The molecule has 0 saturated carbocycles. The Morgan fingerprint density at radius 1 is 0.938 bits per heavy atom. The Balaban J connectivity index is 1.58. The molecule has 166 valence electrons. The van der Waals surface area contributed by atoms with Gasteiger partial charge in [-0.3, -0.25) is 9.13 Å². The van der Waals surface area contributed by atoms with E-state index >= 15 is 0 Å². The van der Waals surface area contributed by atoms with E-state index in [1.165, 1.54) is 0 Å². The van der Waals surface area contributed by atoms with E-state index in [4.69, 9.17) is 0 Å². The van der Waals surface area contributed by atoms with Crippen molar-refractivity contribution in [1.82, 2.24) is 29.8 Å². The second-order valence-electron chi connectivity index (χ2n) is 8.13. The van der Waals surface area contributed by atoms with Gasteiger partial charge in [0.05, 0.1) is 6.54 Å². The minimum Gasteiger partial charge on any atom is -0.299 e.